The van der Waals surface area contributed by atoms with Crippen LogP contribution in [0.2, 0.25) is 0 Å². The van der Waals surface area contributed by atoms with Crippen LogP contribution in [0.1, 0.15) is 36.8 Å². The first-order valence-electron chi connectivity index (χ1n) is 8.55. The maximum Gasteiger partial charge on any atom is 0.236 e. The topological polar surface area (TPSA) is 74.1 Å². The molecular formula is C17H23N5O2. The number of hydrogen-bond donors (Lipinski definition) is 1. The normalized spacial score (nSPS) is 23.5. The van der Waals surface area contributed by atoms with Crippen LogP contribution in [0.3, 0.4) is 0 Å². The summed E-state index contributed by atoms with van der Waals surface area (Å²) in [5, 5.41) is 8.05. The first-order chi connectivity index (χ1) is 11.8. The highest BCUT2D eigenvalue weighted by Gasteiger charge is 2.33. The van der Waals surface area contributed by atoms with Crippen molar-refractivity contribution >= 4 is 0 Å². The minimum atomic E-state index is 0.0360. The Morgan fingerprint density at radius 1 is 1.25 bits per heavy atom. The third kappa shape index (κ3) is 3.27. The second-order valence-corrected chi connectivity index (χ2v) is 6.46. The first-order valence-corrected chi connectivity index (χ1v) is 8.55. The summed E-state index contributed by atoms with van der Waals surface area (Å²) in [5.41, 5.74) is 1.99. The molecule has 1 N–H and O–H groups in total. The van der Waals surface area contributed by atoms with Gasteiger partial charge in [0.25, 0.3) is 0 Å². The number of rotatable bonds is 7. The van der Waals surface area contributed by atoms with E-state index >= 15 is 0 Å². The minimum Gasteiger partial charge on any atom is -0.480 e. The molecule has 7 heteroatoms. The molecule has 2 aromatic heterocycles. The van der Waals surface area contributed by atoms with E-state index in [0.29, 0.717) is 12.4 Å². The van der Waals surface area contributed by atoms with Gasteiger partial charge in [0.05, 0.1) is 12.8 Å². The summed E-state index contributed by atoms with van der Waals surface area (Å²) >= 11 is 0. The summed E-state index contributed by atoms with van der Waals surface area (Å²) < 4.78 is 13.4. The summed E-state index contributed by atoms with van der Waals surface area (Å²) in [6, 6.07) is 2.32. The van der Waals surface area contributed by atoms with Crippen molar-refractivity contribution in [1.29, 1.82) is 0 Å². The lowest BCUT2D eigenvalue weighted by Crippen LogP contribution is -2.33. The molecule has 4 rings (SSSR count). The van der Waals surface area contributed by atoms with Gasteiger partial charge in [-0.05, 0) is 31.2 Å². The Labute approximate surface area is 141 Å². The highest BCUT2D eigenvalue weighted by atomic mass is 16.5. The van der Waals surface area contributed by atoms with Gasteiger partial charge in [-0.2, -0.15) is 5.10 Å². The number of nitrogens with zero attached hydrogens (tertiary/aromatic N) is 4. The van der Waals surface area contributed by atoms with Gasteiger partial charge < -0.3 is 14.8 Å². The summed E-state index contributed by atoms with van der Waals surface area (Å²) in [6.07, 6.45) is 8.85. The van der Waals surface area contributed by atoms with Crippen LogP contribution in [0.5, 0.6) is 5.88 Å². The van der Waals surface area contributed by atoms with E-state index in [0.717, 1.165) is 31.2 Å². The zero-order chi connectivity index (χ0) is 16.4. The van der Waals surface area contributed by atoms with E-state index in [2.05, 4.69) is 31.1 Å². The van der Waals surface area contributed by atoms with Crippen molar-refractivity contribution in [3.05, 3.63) is 36.0 Å². The Kier molecular flexibility index (Phi) is 4.44. The van der Waals surface area contributed by atoms with Gasteiger partial charge in [-0.3, -0.25) is 9.67 Å². The van der Waals surface area contributed by atoms with Gasteiger partial charge in [-0.15, -0.1) is 0 Å². The van der Waals surface area contributed by atoms with E-state index in [1.165, 1.54) is 18.5 Å². The molecule has 3 heterocycles. The molecule has 0 amide bonds. The summed E-state index contributed by atoms with van der Waals surface area (Å²) in [7, 11) is 1.62. The quantitative estimate of drug-likeness (QED) is 0.833. The van der Waals surface area contributed by atoms with Crippen molar-refractivity contribution < 1.29 is 9.47 Å². The molecule has 0 unspecified atom stereocenters. The zero-order valence-corrected chi connectivity index (χ0v) is 13.9. The summed E-state index contributed by atoms with van der Waals surface area (Å²) in [5.74, 6) is 1.36. The van der Waals surface area contributed by atoms with Crippen molar-refractivity contribution in [2.24, 2.45) is 5.92 Å². The van der Waals surface area contributed by atoms with Gasteiger partial charge in [-0.1, -0.05) is 0 Å². The predicted molar refractivity (Wildman–Crippen MR) is 87.5 cm³/mol. The minimum absolute atomic E-state index is 0.0360. The largest absolute Gasteiger partial charge is 0.480 e. The van der Waals surface area contributed by atoms with Crippen molar-refractivity contribution in [3.8, 4) is 5.88 Å². The fourth-order valence-electron chi connectivity index (χ4n) is 3.25. The Bertz CT molecular complexity index is 685. The lowest BCUT2D eigenvalue weighted by molar-refractivity contribution is 0.0905. The van der Waals surface area contributed by atoms with Crippen molar-refractivity contribution in [1.82, 2.24) is 25.1 Å². The first kappa shape index (κ1) is 15.5. The molecule has 7 nitrogen and oxygen atoms in total. The van der Waals surface area contributed by atoms with Crippen molar-refractivity contribution in [2.45, 2.75) is 44.5 Å². The SMILES string of the molecule is COc1nccnc1CN[C@H]1CCO[C@@H]1c1ccnn1CC1CC1. The molecule has 2 fully saturated rings. The third-order valence-electron chi connectivity index (χ3n) is 4.72. The molecule has 1 saturated heterocycles. The number of methoxy groups -OCH3 is 1. The van der Waals surface area contributed by atoms with E-state index in [1.807, 2.05) is 6.20 Å². The average Bonchev–Trinajstić information content (AvgIpc) is 3.11. The number of nitrogens with one attached hydrogen (secondary N) is 1. The highest BCUT2D eigenvalue weighted by molar-refractivity contribution is 5.17. The lowest BCUT2D eigenvalue weighted by Gasteiger charge is -2.21. The fraction of sp³-hybridized carbons (Fsp3) is 0.588. The molecule has 128 valence electrons. The Morgan fingerprint density at radius 2 is 2.12 bits per heavy atom. The predicted octanol–water partition coefficient (Wildman–Crippen LogP) is 1.71. The molecule has 1 saturated carbocycles. The van der Waals surface area contributed by atoms with Gasteiger partial charge in [0.2, 0.25) is 5.88 Å². The zero-order valence-electron chi connectivity index (χ0n) is 13.9. The van der Waals surface area contributed by atoms with Gasteiger partial charge in [-0.25, -0.2) is 4.98 Å². The molecule has 0 radical (unpaired) electrons. The third-order valence-corrected chi connectivity index (χ3v) is 4.72. The Balaban J connectivity index is 1.44. The van der Waals surface area contributed by atoms with Crippen LogP contribution in [-0.2, 0) is 17.8 Å². The van der Waals surface area contributed by atoms with Gasteiger partial charge >= 0.3 is 0 Å². The van der Waals surface area contributed by atoms with Crippen LogP contribution < -0.4 is 10.1 Å². The maximum atomic E-state index is 6.01. The molecule has 2 aromatic rings. The number of aromatic nitrogens is 4. The van der Waals surface area contributed by atoms with Crippen LogP contribution in [0.4, 0.5) is 0 Å². The highest BCUT2D eigenvalue weighted by Crippen LogP contribution is 2.34. The van der Waals surface area contributed by atoms with Gasteiger partial charge in [0.15, 0.2) is 0 Å². The van der Waals surface area contributed by atoms with E-state index < -0.39 is 0 Å². The maximum absolute atomic E-state index is 6.01. The second-order valence-electron chi connectivity index (χ2n) is 6.46. The smallest absolute Gasteiger partial charge is 0.236 e. The van der Waals surface area contributed by atoms with Crippen molar-refractivity contribution in [3.63, 3.8) is 0 Å². The van der Waals surface area contributed by atoms with E-state index in [4.69, 9.17) is 9.47 Å². The van der Waals surface area contributed by atoms with Crippen LogP contribution in [-0.4, -0.2) is 39.5 Å². The summed E-state index contributed by atoms with van der Waals surface area (Å²) in [6.45, 7) is 2.37. The van der Waals surface area contributed by atoms with Gasteiger partial charge in [0, 0.05) is 44.3 Å². The van der Waals surface area contributed by atoms with Crippen molar-refractivity contribution in [2.75, 3.05) is 13.7 Å². The Morgan fingerprint density at radius 3 is 2.96 bits per heavy atom. The molecule has 2 atom stereocenters. The van der Waals surface area contributed by atoms with Gasteiger partial charge in [0.1, 0.15) is 11.8 Å². The standard InChI is InChI=1S/C17H23N5O2/c1-23-17-14(18-7-8-19-17)10-20-13-5-9-24-16(13)15-4-6-21-22(15)11-12-2-3-12/h4,6-8,12-13,16,20H,2-3,5,9-11H2,1H3/t13-,16-/m0/s1. The Hall–Kier alpha value is -1.99. The van der Waals surface area contributed by atoms with E-state index in [9.17, 15) is 0 Å². The molecule has 0 spiro atoms. The molecular weight excluding hydrogens is 306 g/mol. The molecule has 0 bridgehead atoms. The molecule has 0 aromatic carbocycles. The molecule has 24 heavy (non-hydrogen) atoms. The number of ether oxygens (including phenoxy) is 2. The molecule has 2 aliphatic rings. The second kappa shape index (κ2) is 6.86. The van der Waals surface area contributed by atoms with E-state index in [-0.39, 0.29) is 12.1 Å². The van der Waals surface area contributed by atoms with E-state index in [1.54, 1.807) is 19.5 Å². The van der Waals surface area contributed by atoms with Crippen LogP contribution in [0.15, 0.2) is 24.7 Å². The molecule has 1 aliphatic heterocycles. The summed E-state index contributed by atoms with van der Waals surface area (Å²) in [4.78, 5) is 8.55. The fourth-order valence-corrected chi connectivity index (χ4v) is 3.25. The monoisotopic (exact) mass is 329 g/mol. The number of hydrogen-bond acceptors (Lipinski definition) is 6. The average molecular weight is 329 g/mol. The van der Waals surface area contributed by atoms with Crippen LogP contribution in [0, 0.1) is 5.92 Å². The van der Waals surface area contributed by atoms with Crippen LogP contribution in [0.25, 0.3) is 0 Å². The van der Waals surface area contributed by atoms with Crippen LogP contribution >= 0.6 is 0 Å². The molecule has 1 aliphatic carbocycles. The lowest BCUT2D eigenvalue weighted by atomic mass is 10.1.